The molecule has 0 unspecified atom stereocenters. The maximum atomic E-state index is 14.2. The highest BCUT2D eigenvalue weighted by Crippen LogP contribution is 2.42. The van der Waals surface area contributed by atoms with Gasteiger partial charge in [-0.3, -0.25) is 9.59 Å². The zero-order valence-electron chi connectivity index (χ0n) is 25.6. The third-order valence-electron chi connectivity index (χ3n) is 8.65. The number of nitrogens with one attached hydrogen (secondary N) is 1. The molecule has 1 saturated heterocycles. The van der Waals surface area contributed by atoms with Gasteiger partial charge < -0.3 is 29.3 Å². The number of amides is 2. The molecule has 3 atom stereocenters. The van der Waals surface area contributed by atoms with Gasteiger partial charge in [0.05, 0.1) is 38.6 Å². The van der Waals surface area contributed by atoms with Gasteiger partial charge in [-0.1, -0.05) is 63.2 Å². The first-order valence-corrected chi connectivity index (χ1v) is 15.1. The molecular formula is C31H44ClN3O7. The van der Waals surface area contributed by atoms with E-state index in [2.05, 4.69) is 10.5 Å². The number of hydrogen-bond acceptors (Lipinski definition) is 8. The van der Waals surface area contributed by atoms with Crippen LogP contribution in [-0.2, 0) is 24.0 Å². The lowest BCUT2D eigenvalue weighted by atomic mass is 9.85. The number of ether oxygens (including phenoxy) is 3. The van der Waals surface area contributed by atoms with Crippen LogP contribution in [-0.4, -0.2) is 74.0 Å². The van der Waals surface area contributed by atoms with Crippen LogP contribution in [0.3, 0.4) is 0 Å². The Balaban J connectivity index is 1.54. The van der Waals surface area contributed by atoms with E-state index in [9.17, 15) is 14.4 Å². The number of nitrogens with zero attached hydrogens (tertiary/aromatic N) is 2. The monoisotopic (exact) mass is 605 g/mol. The van der Waals surface area contributed by atoms with Crippen LogP contribution in [0.1, 0.15) is 84.1 Å². The minimum Gasteiger partial charge on any atom is -0.496 e. The van der Waals surface area contributed by atoms with Crippen LogP contribution in [0.4, 0.5) is 0 Å². The number of hydrogen-bond donors (Lipinski definition) is 1. The van der Waals surface area contributed by atoms with Crippen molar-refractivity contribution in [2.24, 2.45) is 16.5 Å². The quantitative estimate of drug-likeness (QED) is 0.331. The predicted octanol–water partition coefficient (Wildman–Crippen LogP) is 4.89. The van der Waals surface area contributed by atoms with Crippen molar-refractivity contribution in [2.75, 3.05) is 27.9 Å². The molecule has 2 aliphatic heterocycles. The van der Waals surface area contributed by atoms with E-state index in [1.807, 2.05) is 20.8 Å². The molecule has 10 nitrogen and oxygen atoms in total. The lowest BCUT2D eigenvalue weighted by Gasteiger charge is -2.35. The van der Waals surface area contributed by atoms with E-state index in [1.165, 1.54) is 32.0 Å². The Morgan fingerprint density at radius 1 is 1.10 bits per heavy atom. The van der Waals surface area contributed by atoms with Crippen LogP contribution >= 0.6 is 11.6 Å². The molecule has 3 aliphatic rings. The summed E-state index contributed by atoms with van der Waals surface area (Å²) in [5, 5.41) is 7.77. The maximum Gasteiger partial charge on any atom is 0.328 e. The van der Waals surface area contributed by atoms with Crippen LogP contribution in [0.2, 0.25) is 5.02 Å². The Morgan fingerprint density at radius 3 is 2.36 bits per heavy atom. The Morgan fingerprint density at radius 2 is 1.76 bits per heavy atom. The van der Waals surface area contributed by atoms with Gasteiger partial charge in [-0.05, 0) is 30.2 Å². The van der Waals surface area contributed by atoms with Crippen LogP contribution in [0.5, 0.6) is 11.5 Å². The molecule has 0 aromatic heterocycles. The third kappa shape index (κ3) is 6.96. The fourth-order valence-corrected chi connectivity index (χ4v) is 6.58. The lowest BCUT2D eigenvalue weighted by molar-refractivity contribution is -0.153. The fraction of sp³-hybridized carbons (Fsp3) is 0.677. The highest BCUT2D eigenvalue weighted by Gasteiger charge is 2.56. The summed E-state index contributed by atoms with van der Waals surface area (Å²) < 4.78 is 16.0. The van der Waals surface area contributed by atoms with Crippen molar-refractivity contribution in [2.45, 2.75) is 96.2 Å². The minimum atomic E-state index is -0.950. The van der Waals surface area contributed by atoms with Gasteiger partial charge in [0, 0.05) is 30.9 Å². The number of esters is 1. The summed E-state index contributed by atoms with van der Waals surface area (Å²) in [4.78, 5) is 47.8. The Labute approximate surface area is 253 Å². The Hall–Kier alpha value is -3.01. The molecule has 1 spiro atoms. The molecule has 1 aromatic carbocycles. The molecule has 0 radical (unpaired) electrons. The van der Waals surface area contributed by atoms with Crippen molar-refractivity contribution in [3.63, 3.8) is 0 Å². The van der Waals surface area contributed by atoms with Crippen LogP contribution in [0.25, 0.3) is 0 Å². The first-order chi connectivity index (χ1) is 19.9. The smallest absolute Gasteiger partial charge is 0.328 e. The number of carbonyl (C=O) groups excluding carboxylic acids is 3. The van der Waals surface area contributed by atoms with Crippen LogP contribution in [0.15, 0.2) is 17.3 Å². The number of likely N-dealkylation sites (tertiary alicyclic amines) is 1. The van der Waals surface area contributed by atoms with E-state index >= 15 is 0 Å². The normalized spacial score (nSPS) is 23.5. The molecule has 4 rings (SSSR count). The van der Waals surface area contributed by atoms with E-state index in [4.69, 9.17) is 30.6 Å². The van der Waals surface area contributed by atoms with Crippen molar-refractivity contribution in [1.29, 1.82) is 0 Å². The number of benzene rings is 1. The van der Waals surface area contributed by atoms with Gasteiger partial charge in [0.1, 0.15) is 23.6 Å². The zero-order valence-corrected chi connectivity index (χ0v) is 26.3. The number of carbonyl (C=O) groups is 3. The second-order valence-electron chi connectivity index (χ2n) is 12.8. The van der Waals surface area contributed by atoms with E-state index in [1.54, 1.807) is 19.2 Å². The largest absolute Gasteiger partial charge is 0.496 e. The van der Waals surface area contributed by atoms with Gasteiger partial charge >= 0.3 is 5.97 Å². The van der Waals surface area contributed by atoms with E-state index in [0.29, 0.717) is 46.6 Å². The number of rotatable bonds is 8. The summed E-state index contributed by atoms with van der Waals surface area (Å²) in [5.41, 5.74) is -0.331. The van der Waals surface area contributed by atoms with Crippen molar-refractivity contribution >= 4 is 35.1 Å². The van der Waals surface area contributed by atoms with Gasteiger partial charge in [-0.25, -0.2) is 4.79 Å². The average molecular weight is 606 g/mol. The molecule has 11 heteroatoms. The van der Waals surface area contributed by atoms with E-state index < -0.39 is 29.1 Å². The standard InChI is InChI=1S/C31H44ClN3O7/c1-30(2,3)27(33-26(36)13-19-11-9-7-8-10-12-19)28(37)35-18-31(17-23(35)29(38)41-6)16-22(34-42-31)20-14-21(32)25(40-5)15-24(20)39-4/h14-15,19,23,27H,7-13,16-18H2,1-6H3,(H,33,36)/t23-,27+,31+/m0/s1. The number of methoxy groups -OCH3 is 3. The van der Waals surface area contributed by atoms with Crippen molar-refractivity contribution in [3.8, 4) is 11.5 Å². The molecule has 1 aromatic rings. The molecule has 2 heterocycles. The van der Waals surface area contributed by atoms with Gasteiger partial charge in [0.15, 0.2) is 5.60 Å². The zero-order chi connectivity index (χ0) is 30.7. The molecule has 1 N–H and O–H groups in total. The summed E-state index contributed by atoms with van der Waals surface area (Å²) in [5.74, 6) is 0.280. The third-order valence-corrected chi connectivity index (χ3v) is 8.94. The summed E-state index contributed by atoms with van der Waals surface area (Å²) in [6.07, 6.45) is 7.65. The first kappa shape index (κ1) is 31.9. The highest BCUT2D eigenvalue weighted by molar-refractivity contribution is 6.32. The van der Waals surface area contributed by atoms with Gasteiger partial charge in [-0.15, -0.1) is 0 Å². The van der Waals surface area contributed by atoms with Crippen LogP contribution in [0, 0.1) is 11.3 Å². The fourth-order valence-electron chi connectivity index (χ4n) is 6.34. The van der Waals surface area contributed by atoms with E-state index in [-0.39, 0.29) is 24.8 Å². The summed E-state index contributed by atoms with van der Waals surface area (Å²) in [6, 6.07) is 1.66. The lowest BCUT2D eigenvalue weighted by Crippen LogP contribution is -2.57. The molecule has 232 valence electrons. The minimum absolute atomic E-state index is 0.107. The number of oxime groups is 1. The van der Waals surface area contributed by atoms with Gasteiger partial charge in [-0.2, -0.15) is 0 Å². The predicted molar refractivity (Wildman–Crippen MR) is 159 cm³/mol. The SMILES string of the molecule is COC(=O)[C@@H]1C[C@]2(CC(c3cc(Cl)c(OC)cc3OC)=NO2)CN1C(=O)[C@@H](NC(=O)CC1CCCCCC1)C(C)(C)C. The molecule has 1 saturated carbocycles. The first-order valence-electron chi connectivity index (χ1n) is 14.8. The topological polar surface area (TPSA) is 116 Å². The van der Waals surface area contributed by atoms with Crippen molar-refractivity contribution in [1.82, 2.24) is 10.2 Å². The summed E-state index contributed by atoms with van der Waals surface area (Å²) in [7, 11) is 4.36. The second kappa shape index (κ2) is 13.1. The second-order valence-corrected chi connectivity index (χ2v) is 13.2. The Kier molecular flexibility index (Phi) is 9.96. The molecular weight excluding hydrogens is 562 g/mol. The van der Waals surface area contributed by atoms with Gasteiger partial charge in [0.25, 0.3) is 0 Å². The average Bonchev–Trinajstić information content (AvgIpc) is 3.44. The van der Waals surface area contributed by atoms with Gasteiger partial charge in [0.2, 0.25) is 11.8 Å². The molecule has 0 bridgehead atoms. The molecule has 1 aliphatic carbocycles. The summed E-state index contributed by atoms with van der Waals surface area (Å²) in [6.45, 7) is 5.84. The number of halogens is 1. The molecule has 2 fully saturated rings. The van der Waals surface area contributed by atoms with Crippen LogP contribution < -0.4 is 14.8 Å². The van der Waals surface area contributed by atoms with Crippen molar-refractivity contribution in [3.05, 3.63) is 22.7 Å². The summed E-state index contributed by atoms with van der Waals surface area (Å²) >= 11 is 6.40. The maximum absolute atomic E-state index is 14.2. The van der Waals surface area contributed by atoms with E-state index in [0.717, 1.165) is 25.7 Å². The Bertz CT molecular complexity index is 1210. The van der Waals surface area contributed by atoms with Crippen molar-refractivity contribution < 1.29 is 33.4 Å². The molecule has 42 heavy (non-hydrogen) atoms. The molecule has 2 amide bonds. The highest BCUT2D eigenvalue weighted by atomic mass is 35.5.